The molecule has 0 atom stereocenters. The minimum atomic E-state index is -0.0238. The molecule has 1 saturated heterocycles. The molecule has 0 N–H and O–H groups in total. The van der Waals surface area contributed by atoms with E-state index in [1.165, 1.54) is 0 Å². The molecule has 28 heavy (non-hydrogen) atoms. The lowest BCUT2D eigenvalue weighted by molar-refractivity contribution is 0.0604. The number of carbonyl (C=O) groups excluding carboxylic acids is 1. The van der Waals surface area contributed by atoms with Gasteiger partial charge in [-0.25, -0.2) is 0 Å². The van der Waals surface area contributed by atoms with E-state index in [-0.39, 0.29) is 11.3 Å². The molecule has 0 unspecified atom stereocenters. The van der Waals surface area contributed by atoms with Crippen molar-refractivity contribution >= 4 is 5.91 Å². The van der Waals surface area contributed by atoms with Crippen LogP contribution in [0.4, 0.5) is 0 Å². The van der Waals surface area contributed by atoms with Gasteiger partial charge in [0.25, 0.3) is 5.91 Å². The summed E-state index contributed by atoms with van der Waals surface area (Å²) in [5.41, 5.74) is 1.76. The Morgan fingerprint density at radius 1 is 1.21 bits per heavy atom. The molecule has 5 heteroatoms. The molecule has 0 aliphatic carbocycles. The van der Waals surface area contributed by atoms with Crippen molar-refractivity contribution in [2.24, 2.45) is 0 Å². The molecular weight excluding hydrogens is 350 g/mol. The highest BCUT2D eigenvalue weighted by Crippen LogP contribution is 2.25. The topological polar surface area (TPSA) is 49.6 Å². The van der Waals surface area contributed by atoms with Gasteiger partial charge in [-0.05, 0) is 37.9 Å². The van der Waals surface area contributed by atoms with Crippen molar-refractivity contribution in [2.45, 2.75) is 65.0 Å². The zero-order valence-corrected chi connectivity index (χ0v) is 17.6. The second-order valence-corrected chi connectivity index (χ2v) is 8.79. The summed E-state index contributed by atoms with van der Waals surface area (Å²) in [6.45, 7) is 12.1. The van der Waals surface area contributed by atoms with E-state index in [1.807, 2.05) is 35.2 Å². The van der Waals surface area contributed by atoms with Crippen LogP contribution in [0.15, 0.2) is 40.9 Å². The van der Waals surface area contributed by atoms with Crippen LogP contribution in [-0.4, -0.2) is 46.5 Å². The number of amides is 1. The van der Waals surface area contributed by atoms with Gasteiger partial charge in [0.05, 0.1) is 5.69 Å². The Kier molecular flexibility index (Phi) is 6.55. The second-order valence-electron chi connectivity index (χ2n) is 8.79. The molecule has 0 saturated carbocycles. The van der Waals surface area contributed by atoms with Crippen LogP contribution >= 0.6 is 0 Å². The average molecular weight is 384 g/mol. The van der Waals surface area contributed by atoms with Gasteiger partial charge in [0, 0.05) is 42.7 Å². The summed E-state index contributed by atoms with van der Waals surface area (Å²) in [7, 11) is 0. The molecule has 1 fully saturated rings. The van der Waals surface area contributed by atoms with Crippen LogP contribution in [-0.2, 0) is 12.0 Å². The van der Waals surface area contributed by atoms with E-state index >= 15 is 0 Å². The number of likely N-dealkylation sites (tertiary alicyclic amines) is 1. The Hall–Kier alpha value is -2.14. The number of nitrogens with zero attached hydrogens (tertiary/aromatic N) is 3. The van der Waals surface area contributed by atoms with Gasteiger partial charge in [-0.3, -0.25) is 9.69 Å². The molecule has 1 aliphatic rings. The maximum Gasteiger partial charge on any atom is 0.253 e. The first-order valence-electron chi connectivity index (χ1n) is 10.4. The average Bonchev–Trinajstić information content (AvgIpc) is 3.17. The number of carbonyl (C=O) groups is 1. The Labute approximate surface area is 168 Å². The summed E-state index contributed by atoms with van der Waals surface area (Å²) in [6, 6.07) is 12.2. The predicted molar refractivity (Wildman–Crippen MR) is 111 cm³/mol. The molecule has 2 aromatic rings. The zero-order chi connectivity index (χ0) is 20.1. The summed E-state index contributed by atoms with van der Waals surface area (Å²) in [6.07, 6.45) is 3.11. The highest BCUT2D eigenvalue weighted by atomic mass is 16.5. The summed E-state index contributed by atoms with van der Waals surface area (Å²) in [5, 5.41) is 4.30. The standard InChI is InChI=1S/C23H33N3O2/c1-5-13-26(17-19-16-21(28-24-19)23(2,3)4)20-11-14-25(15-12-20)22(27)18-9-7-6-8-10-18/h6-10,16,20H,5,11-15,17H2,1-4H3. The molecule has 0 bridgehead atoms. The summed E-state index contributed by atoms with van der Waals surface area (Å²) < 4.78 is 5.56. The molecule has 5 nitrogen and oxygen atoms in total. The first kappa shape index (κ1) is 20.6. The van der Waals surface area contributed by atoms with Gasteiger partial charge >= 0.3 is 0 Å². The third-order valence-corrected chi connectivity index (χ3v) is 5.46. The van der Waals surface area contributed by atoms with Gasteiger partial charge in [0.2, 0.25) is 0 Å². The van der Waals surface area contributed by atoms with Crippen molar-refractivity contribution in [2.75, 3.05) is 19.6 Å². The number of hydrogen-bond donors (Lipinski definition) is 0. The lowest BCUT2D eigenvalue weighted by Crippen LogP contribution is -2.46. The largest absolute Gasteiger partial charge is 0.361 e. The highest BCUT2D eigenvalue weighted by molar-refractivity contribution is 5.94. The smallest absolute Gasteiger partial charge is 0.253 e. The highest BCUT2D eigenvalue weighted by Gasteiger charge is 2.28. The van der Waals surface area contributed by atoms with E-state index in [1.54, 1.807) is 0 Å². The second kappa shape index (κ2) is 8.91. The van der Waals surface area contributed by atoms with Crippen molar-refractivity contribution in [3.8, 4) is 0 Å². The molecule has 3 rings (SSSR count). The van der Waals surface area contributed by atoms with Gasteiger partial charge in [0.1, 0.15) is 5.76 Å². The third-order valence-electron chi connectivity index (χ3n) is 5.46. The lowest BCUT2D eigenvalue weighted by Gasteiger charge is -2.38. The maximum absolute atomic E-state index is 12.7. The number of benzene rings is 1. The molecular formula is C23H33N3O2. The van der Waals surface area contributed by atoms with Gasteiger partial charge in [-0.1, -0.05) is 51.1 Å². The fourth-order valence-electron chi connectivity index (χ4n) is 3.82. The monoisotopic (exact) mass is 383 g/mol. The fraction of sp³-hybridized carbons (Fsp3) is 0.565. The summed E-state index contributed by atoms with van der Waals surface area (Å²) >= 11 is 0. The van der Waals surface area contributed by atoms with Crippen molar-refractivity contribution in [3.63, 3.8) is 0 Å². The van der Waals surface area contributed by atoms with Crippen LogP contribution < -0.4 is 0 Å². The molecule has 152 valence electrons. The number of hydrogen-bond acceptors (Lipinski definition) is 4. The van der Waals surface area contributed by atoms with Crippen molar-refractivity contribution in [1.82, 2.24) is 15.0 Å². The lowest BCUT2D eigenvalue weighted by atomic mass is 9.93. The molecule has 1 aromatic heterocycles. The van der Waals surface area contributed by atoms with E-state index in [0.29, 0.717) is 6.04 Å². The Morgan fingerprint density at radius 3 is 2.46 bits per heavy atom. The van der Waals surface area contributed by atoms with Crippen molar-refractivity contribution < 1.29 is 9.32 Å². The molecule has 1 aliphatic heterocycles. The quantitative estimate of drug-likeness (QED) is 0.737. The van der Waals surface area contributed by atoms with Crippen molar-refractivity contribution in [1.29, 1.82) is 0 Å². The van der Waals surface area contributed by atoms with Crippen LogP contribution in [0.1, 0.15) is 68.8 Å². The van der Waals surface area contributed by atoms with E-state index in [9.17, 15) is 4.79 Å². The third kappa shape index (κ3) is 5.02. The minimum Gasteiger partial charge on any atom is -0.361 e. The van der Waals surface area contributed by atoms with Gasteiger partial charge in [-0.2, -0.15) is 0 Å². The van der Waals surface area contributed by atoms with E-state index in [4.69, 9.17) is 4.52 Å². The van der Waals surface area contributed by atoms with Crippen LogP contribution in [0, 0.1) is 0 Å². The molecule has 0 radical (unpaired) electrons. The molecule has 1 aromatic carbocycles. The van der Waals surface area contributed by atoms with Gasteiger partial charge < -0.3 is 9.42 Å². The normalized spacial score (nSPS) is 16.0. The Morgan fingerprint density at radius 2 is 1.89 bits per heavy atom. The van der Waals surface area contributed by atoms with E-state index in [0.717, 1.165) is 62.5 Å². The Balaban J connectivity index is 1.60. The maximum atomic E-state index is 12.7. The van der Waals surface area contributed by atoms with E-state index < -0.39 is 0 Å². The van der Waals surface area contributed by atoms with Crippen LogP contribution in [0.3, 0.4) is 0 Å². The summed E-state index contributed by atoms with van der Waals surface area (Å²) in [5.74, 6) is 1.08. The van der Waals surface area contributed by atoms with Gasteiger partial charge in [-0.15, -0.1) is 0 Å². The predicted octanol–water partition coefficient (Wildman–Crippen LogP) is 4.49. The first-order chi connectivity index (χ1) is 13.4. The van der Waals surface area contributed by atoms with E-state index in [2.05, 4.69) is 43.8 Å². The molecule has 1 amide bonds. The zero-order valence-electron chi connectivity index (χ0n) is 17.6. The number of aromatic nitrogens is 1. The minimum absolute atomic E-state index is 0.0238. The SMILES string of the molecule is CCCN(Cc1cc(C(C)(C)C)on1)C1CCN(C(=O)c2ccccc2)CC1. The molecule has 2 heterocycles. The van der Waals surface area contributed by atoms with Gasteiger partial charge in [0.15, 0.2) is 0 Å². The fourth-order valence-corrected chi connectivity index (χ4v) is 3.82. The number of rotatable bonds is 6. The first-order valence-corrected chi connectivity index (χ1v) is 10.4. The Bertz CT molecular complexity index is 756. The van der Waals surface area contributed by atoms with Crippen LogP contribution in [0.5, 0.6) is 0 Å². The van der Waals surface area contributed by atoms with Crippen LogP contribution in [0.2, 0.25) is 0 Å². The van der Waals surface area contributed by atoms with Crippen molar-refractivity contribution in [3.05, 3.63) is 53.4 Å². The molecule has 0 spiro atoms. The summed E-state index contributed by atoms with van der Waals surface area (Å²) in [4.78, 5) is 17.2. The van der Waals surface area contributed by atoms with Crippen LogP contribution in [0.25, 0.3) is 0 Å². The number of piperidine rings is 1.